The number of benzene rings is 2. The Bertz CT molecular complexity index is 1290. The summed E-state index contributed by atoms with van der Waals surface area (Å²) < 4.78 is 8.14. The molecule has 6 heteroatoms. The molecule has 0 amide bonds. The lowest BCUT2D eigenvalue weighted by atomic mass is 9.92. The van der Waals surface area contributed by atoms with Crippen molar-refractivity contribution in [3.8, 4) is 5.75 Å². The first-order valence-electron chi connectivity index (χ1n) is 10.2. The topological polar surface area (TPSA) is 52.8 Å². The maximum Gasteiger partial charge on any atom is 0.211 e. The van der Waals surface area contributed by atoms with Crippen molar-refractivity contribution in [1.82, 2.24) is 19.7 Å². The Morgan fingerprint density at radius 3 is 2.67 bits per heavy atom. The van der Waals surface area contributed by atoms with Crippen molar-refractivity contribution >= 4 is 39.4 Å². The number of allylic oxidation sites excluding steroid dienone is 2. The molecule has 0 spiro atoms. The molecule has 0 fully saturated rings. The molecule has 0 saturated heterocycles. The third-order valence-electron chi connectivity index (χ3n) is 5.52. The third kappa shape index (κ3) is 3.06. The van der Waals surface area contributed by atoms with E-state index in [1.54, 1.807) is 11.8 Å². The van der Waals surface area contributed by atoms with Gasteiger partial charge in [0.1, 0.15) is 11.3 Å². The minimum atomic E-state index is -0.207. The summed E-state index contributed by atoms with van der Waals surface area (Å²) in [6.45, 7) is 9.22. The number of thioether (sulfide) groups is 1. The maximum atomic E-state index is 5.84. The van der Waals surface area contributed by atoms with E-state index >= 15 is 0 Å². The molecule has 0 aliphatic carbocycles. The van der Waals surface area contributed by atoms with Crippen molar-refractivity contribution in [2.75, 3.05) is 6.61 Å². The highest BCUT2D eigenvalue weighted by atomic mass is 32.2. The van der Waals surface area contributed by atoms with E-state index in [1.807, 2.05) is 13.0 Å². The number of fused-ring (bicyclic) bond motifs is 3. The second kappa shape index (κ2) is 7.13. The van der Waals surface area contributed by atoms with Crippen LogP contribution in [0.1, 0.15) is 38.8 Å². The van der Waals surface area contributed by atoms with E-state index in [9.17, 15) is 0 Å². The van der Waals surface area contributed by atoms with E-state index < -0.39 is 0 Å². The number of aromatic nitrogens is 4. The summed E-state index contributed by atoms with van der Waals surface area (Å²) in [5.41, 5.74) is 6.32. The molecule has 5 nitrogen and oxygen atoms in total. The third-order valence-corrected chi connectivity index (χ3v) is 6.42. The van der Waals surface area contributed by atoms with Gasteiger partial charge in [-0.25, -0.2) is 4.98 Å². The zero-order chi connectivity index (χ0) is 20.9. The van der Waals surface area contributed by atoms with Gasteiger partial charge in [0.2, 0.25) is 5.16 Å². The fraction of sp³-hybridized carbons (Fsp3) is 0.292. The van der Waals surface area contributed by atoms with E-state index in [0.29, 0.717) is 11.8 Å². The molecule has 5 rings (SSSR count). The molecule has 4 aromatic rings. The van der Waals surface area contributed by atoms with Crippen LogP contribution in [0.2, 0.25) is 0 Å². The van der Waals surface area contributed by atoms with Crippen LogP contribution in [0.3, 0.4) is 0 Å². The van der Waals surface area contributed by atoms with Crippen LogP contribution in [0.5, 0.6) is 5.75 Å². The molecule has 0 N–H and O–H groups in total. The van der Waals surface area contributed by atoms with Gasteiger partial charge in [0, 0.05) is 16.7 Å². The lowest BCUT2D eigenvalue weighted by Crippen LogP contribution is -2.27. The molecule has 2 aromatic carbocycles. The van der Waals surface area contributed by atoms with E-state index in [2.05, 4.69) is 78.0 Å². The van der Waals surface area contributed by atoms with Gasteiger partial charge in [-0.3, -0.25) is 0 Å². The molecule has 30 heavy (non-hydrogen) atoms. The van der Waals surface area contributed by atoms with Crippen molar-refractivity contribution < 1.29 is 4.74 Å². The minimum Gasteiger partial charge on any atom is -0.494 e. The fourth-order valence-electron chi connectivity index (χ4n) is 4.34. The second-order valence-corrected chi connectivity index (χ2v) is 9.10. The van der Waals surface area contributed by atoms with Crippen LogP contribution >= 0.6 is 11.8 Å². The molecule has 2 aromatic heterocycles. The van der Waals surface area contributed by atoms with E-state index in [-0.39, 0.29) is 5.54 Å². The highest BCUT2D eigenvalue weighted by Gasteiger charge is 2.31. The van der Waals surface area contributed by atoms with Crippen LogP contribution in [0.4, 0.5) is 0 Å². The van der Waals surface area contributed by atoms with Crippen LogP contribution < -0.4 is 4.74 Å². The summed E-state index contributed by atoms with van der Waals surface area (Å²) >= 11 is 1.61. The van der Waals surface area contributed by atoms with Crippen molar-refractivity contribution in [3.63, 3.8) is 0 Å². The summed E-state index contributed by atoms with van der Waals surface area (Å²) in [5.74, 6) is 1.67. The first kappa shape index (κ1) is 19.1. The Morgan fingerprint density at radius 2 is 1.90 bits per heavy atom. The number of hydrogen-bond acceptors (Lipinski definition) is 5. The van der Waals surface area contributed by atoms with Gasteiger partial charge in [-0.2, -0.15) is 0 Å². The Balaban J connectivity index is 1.68. The fourth-order valence-corrected chi connectivity index (χ4v) is 5.07. The Morgan fingerprint density at radius 1 is 1.10 bits per heavy atom. The molecule has 0 radical (unpaired) electrons. The summed E-state index contributed by atoms with van der Waals surface area (Å²) in [4.78, 5) is 4.95. The van der Waals surface area contributed by atoms with E-state index in [0.717, 1.165) is 33.6 Å². The van der Waals surface area contributed by atoms with Gasteiger partial charge in [-0.05, 0) is 51.0 Å². The van der Waals surface area contributed by atoms with Crippen LogP contribution in [0.25, 0.3) is 27.6 Å². The Hall–Kier alpha value is -2.86. The SMILES string of the molecule is CCOc1cc2c3c(c1)c1nnc(SCc4ccccc4)nc1n3C(C)(C)C=C2C. The first-order valence-corrected chi connectivity index (χ1v) is 11.2. The van der Waals surface area contributed by atoms with Crippen molar-refractivity contribution in [2.24, 2.45) is 0 Å². The molecule has 1 aliphatic heterocycles. The van der Waals surface area contributed by atoms with Crippen molar-refractivity contribution in [1.29, 1.82) is 0 Å². The van der Waals surface area contributed by atoms with Gasteiger partial charge in [-0.15, -0.1) is 10.2 Å². The van der Waals surface area contributed by atoms with Crippen LogP contribution in [0.15, 0.2) is 53.7 Å². The molecule has 152 valence electrons. The van der Waals surface area contributed by atoms with Gasteiger partial charge in [0.05, 0.1) is 17.7 Å². The van der Waals surface area contributed by atoms with Gasteiger partial charge in [0.15, 0.2) is 5.65 Å². The van der Waals surface area contributed by atoms with Crippen LogP contribution in [-0.4, -0.2) is 26.4 Å². The molecule has 0 unspecified atom stereocenters. The molecule has 0 atom stereocenters. The smallest absolute Gasteiger partial charge is 0.211 e. The average Bonchev–Trinajstić information content (AvgIpc) is 3.06. The summed E-state index contributed by atoms with van der Waals surface area (Å²) in [7, 11) is 0. The predicted molar refractivity (Wildman–Crippen MR) is 123 cm³/mol. The number of hydrogen-bond donors (Lipinski definition) is 0. The monoisotopic (exact) mass is 416 g/mol. The second-order valence-electron chi connectivity index (χ2n) is 8.16. The first-order chi connectivity index (χ1) is 14.5. The summed E-state index contributed by atoms with van der Waals surface area (Å²) in [5, 5.41) is 10.8. The van der Waals surface area contributed by atoms with Gasteiger partial charge in [0.25, 0.3) is 0 Å². The van der Waals surface area contributed by atoms with E-state index in [1.165, 1.54) is 16.7 Å². The average molecular weight is 417 g/mol. The van der Waals surface area contributed by atoms with Gasteiger partial charge >= 0.3 is 0 Å². The summed E-state index contributed by atoms with van der Waals surface area (Å²) in [6.07, 6.45) is 2.29. The lowest BCUT2D eigenvalue weighted by Gasteiger charge is -2.31. The number of nitrogens with zero attached hydrogens (tertiary/aromatic N) is 4. The van der Waals surface area contributed by atoms with Gasteiger partial charge < -0.3 is 9.30 Å². The molecular weight excluding hydrogens is 392 g/mol. The van der Waals surface area contributed by atoms with Crippen molar-refractivity contribution in [3.05, 3.63) is 59.7 Å². The highest BCUT2D eigenvalue weighted by molar-refractivity contribution is 7.98. The quantitative estimate of drug-likeness (QED) is 0.384. The zero-order valence-electron chi connectivity index (χ0n) is 17.6. The predicted octanol–water partition coefficient (Wildman–Crippen LogP) is 5.82. The molecule has 1 aliphatic rings. The standard InChI is InChI=1S/C24H24N4OS/c1-5-29-17-11-18-15(2)13-24(3,4)28-21(18)19(12-17)20-22(28)25-23(27-26-20)30-14-16-9-7-6-8-10-16/h6-13H,5,14H2,1-4H3. The van der Waals surface area contributed by atoms with Crippen LogP contribution in [-0.2, 0) is 11.3 Å². The van der Waals surface area contributed by atoms with Crippen LogP contribution in [0, 0.1) is 0 Å². The Kier molecular flexibility index (Phi) is 4.54. The lowest BCUT2D eigenvalue weighted by molar-refractivity contribution is 0.340. The van der Waals surface area contributed by atoms with Crippen molar-refractivity contribution in [2.45, 2.75) is 44.1 Å². The number of rotatable bonds is 5. The molecule has 0 saturated carbocycles. The minimum absolute atomic E-state index is 0.207. The van der Waals surface area contributed by atoms with E-state index in [4.69, 9.17) is 9.72 Å². The Labute approximate surface area is 180 Å². The largest absolute Gasteiger partial charge is 0.494 e. The normalized spacial score (nSPS) is 14.9. The molecule has 0 bridgehead atoms. The molecular formula is C24H24N4OS. The van der Waals surface area contributed by atoms with Gasteiger partial charge in [-0.1, -0.05) is 48.2 Å². The highest BCUT2D eigenvalue weighted by Crippen LogP contribution is 2.43. The maximum absolute atomic E-state index is 5.84. The molecule has 3 heterocycles. The zero-order valence-corrected chi connectivity index (χ0v) is 18.5. The summed E-state index contributed by atoms with van der Waals surface area (Å²) in [6, 6.07) is 14.6. The number of ether oxygens (including phenoxy) is 1.